The Labute approximate surface area is 123 Å². The first-order valence-electron chi connectivity index (χ1n) is 7.20. The lowest BCUT2D eigenvalue weighted by Crippen LogP contribution is -2.17. The summed E-state index contributed by atoms with van der Waals surface area (Å²) < 4.78 is 5.68. The normalized spacial score (nSPS) is 22.7. The van der Waals surface area contributed by atoms with Gasteiger partial charge in [-0.05, 0) is 48.0 Å². The highest BCUT2D eigenvalue weighted by atomic mass is 32.2. The molecule has 0 spiro atoms. The van der Waals surface area contributed by atoms with E-state index < -0.39 is 5.97 Å². The number of aliphatic carboxylic acids is 1. The van der Waals surface area contributed by atoms with Crippen LogP contribution in [0.25, 0.3) is 0 Å². The van der Waals surface area contributed by atoms with Crippen molar-refractivity contribution in [1.29, 1.82) is 0 Å². The molecule has 2 aliphatic rings. The van der Waals surface area contributed by atoms with Crippen molar-refractivity contribution in [3.63, 3.8) is 0 Å². The summed E-state index contributed by atoms with van der Waals surface area (Å²) in [5, 5.41) is 8.94. The number of rotatable bonds is 6. The summed E-state index contributed by atoms with van der Waals surface area (Å²) in [7, 11) is 0. The zero-order chi connectivity index (χ0) is 14.0. The van der Waals surface area contributed by atoms with Gasteiger partial charge in [0, 0.05) is 5.75 Å². The van der Waals surface area contributed by atoms with Crippen molar-refractivity contribution in [2.75, 3.05) is 18.1 Å². The summed E-state index contributed by atoms with van der Waals surface area (Å²) in [6.07, 6.45) is 3.56. The number of benzene rings is 1. The molecule has 0 saturated heterocycles. The van der Waals surface area contributed by atoms with E-state index in [1.165, 1.54) is 5.56 Å². The maximum absolute atomic E-state index is 10.9. The van der Waals surface area contributed by atoms with Gasteiger partial charge in [0.25, 0.3) is 0 Å². The standard InChI is InChI=1S/C16H20O3S/c17-15(18)9-16(6-7-16)11-20-10-12-5-8-19-14-4-2-1-3-13(12)14/h1-4,12H,5-11H2,(H,17,18). The number of thioether (sulfide) groups is 1. The van der Waals surface area contributed by atoms with Gasteiger partial charge < -0.3 is 9.84 Å². The second kappa shape index (κ2) is 5.68. The lowest BCUT2D eigenvalue weighted by atomic mass is 9.95. The van der Waals surface area contributed by atoms with Crippen LogP contribution in [0, 0.1) is 5.41 Å². The molecule has 3 rings (SSSR count). The van der Waals surface area contributed by atoms with Gasteiger partial charge in [0.2, 0.25) is 0 Å². The van der Waals surface area contributed by atoms with Gasteiger partial charge in [0.1, 0.15) is 5.75 Å². The molecule has 3 nitrogen and oxygen atoms in total. The Hall–Kier alpha value is -1.16. The molecule has 1 atom stereocenters. The van der Waals surface area contributed by atoms with E-state index in [4.69, 9.17) is 9.84 Å². The van der Waals surface area contributed by atoms with Crippen LogP contribution in [0.1, 0.15) is 37.2 Å². The van der Waals surface area contributed by atoms with Crippen molar-refractivity contribution < 1.29 is 14.6 Å². The minimum atomic E-state index is -0.653. The SMILES string of the molecule is O=C(O)CC1(CSCC2CCOc3ccccc32)CC1. The van der Waals surface area contributed by atoms with E-state index in [-0.39, 0.29) is 5.41 Å². The quantitative estimate of drug-likeness (QED) is 0.871. The molecule has 20 heavy (non-hydrogen) atoms. The number of fused-ring (bicyclic) bond motifs is 1. The molecule has 1 aromatic rings. The summed E-state index contributed by atoms with van der Waals surface area (Å²) in [5.74, 6) is 2.97. The Bertz CT molecular complexity index is 496. The van der Waals surface area contributed by atoms with Crippen LogP contribution in [0.2, 0.25) is 0 Å². The third-order valence-corrected chi connectivity index (χ3v) is 5.75. The molecule has 1 heterocycles. The highest BCUT2D eigenvalue weighted by molar-refractivity contribution is 7.99. The second-order valence-electron chi connectivity index (χ2n) is 5.96. The summed E-state index contributed by atoms with van der Waals surface area (Å²) >= 11 is 1.92. The van der Waals surface area contributed by atoms with Gasteiger partial charge in [-0.2, -0.15) is 11.8 Å². The molecule has 0 radical (unpaired) electrons. The van der Waals surface area contributed by atoms with Crippen molar-refractivity contribution in [2.45, 2.75) is 31.6 Å². The molecule has 0 bridgehead atoms. The number of para-hydroxylation sites is 1. The number of carboxylic acid groups (broad SMARTS) is 1. The molecule has 1 fully saturated rings. The first-order chi connectivity index (χ1) is 9.69. The average Bonchev–Trinajstić information content (AvgIpc) is 3.18. The molecule has 1 aliphatic heterocycles. The first-order valence-corrected chi connectivity index (χ1v) is 8.35. The second-order valence-corrected chi connectivity index (χ2v) is 6.99. The summed E-state index contributed by atoms with van der Waals surface area (Å²) in [6, 6.07) is 8.28. The molecule has 1 unspecified atom stereocenters. The fraction of sp³-hybridized carbons (Fsp3) is 0.562. The predicted octanol–water partition coefficient (Wildman–Crippen LogP) is 3.54. The maximum Gasteiger partial charge on any atom is 0.303 e. The average molecular weight is 292 g/mol. The van der Waals surface area contributed by atoms with Crippen LogP contribution < -0.4 is 4.74 Å². The zero-order valence-electron chi connectivity index (χ0n) is 11.5. The molecule has 108 valence electrons. The number of hydrogen-bond donors (Lipinski definition) is 1. The van der Waals surface area contributed by atoms with Gasteiger partial charge in [-0.3, -0.25) is 4.79 Å². The Morgan fingerprint density at radius 3 is 2.95 bits per heavy atom. The maximum atomic E-state index is 10.9. The van der Waals surface area contributed by atoms with E-state index in [0.717, 1.165) is 43.1 Å². The largest absolute Gasteiger partial charge is 0.493 e. The van der Waals surface area contributed by atoms with E-state index >= 15 is 0 Å². The lowest BCUT2D eigenvalue weighted by Gasteiger charge is -2.26. The smallest absolute Gasteiger partial charge is 0.303 e. The van der Waals surface area contributed by atoms with E-state index in [1.807, 2.05) is 23.9 Å². The van der Waals surface area contributed by atoms with Gasteiger partial charge in [-0.25, -0.2) is 0 Å². The van der Waals surface area contributed by atoms with Crippen LogP contribution >= 0.6 is 11.8 Å². The predicted molar refractivity (Wildman–Crippen MR) is 80.5 cm³/mol. The molecule has 1 aliphatic carbocycles. The molecule has 4 heteroatoms. The van der Waals surface area contributed by atoms with Crippen LogP contribution in [0.4, 0.5) is 0 Å². The highest BCUT2D eigenvalue weighted by Gasteiger charge is 2.44. The number of hydrogen-bond acceptors (Lipinski definition) is 3. The Morgan fingerprint density at radius 2 is 2.20 bits per heavy atom. The van der Waals surface area contributed by atoms with E-state index in [0.29, 0.717) is 12.3 Å². The van der Waals surface area contributed by atoms with Crippen molar-refractivity contribution in [3.05, 3.63) is 29.8 Å². The molecule has 0 amide bonds. The van der Waals surface area contributed by atoms with E-state index in [2.05, 4.69) is 12.1 Å². The molecule has 0 aromatic heterocycles. The van der Waals surface area contributed by atoms with Gasteiger partial charge in [0.05, 0.1) is 13.0 Å². The van der Waals surface area contributed by atoms with Crippen molar-refractivity contribution in [3.8, 4) is 5.75 Å². The minimum Gasteiger partial charge on any atom is -0.493 e. The van der Waals surface area contributed by atoms with Gasteiger partial charge in [0.15, 0.2) is 0 Å². The van der Waals surface area contributed by atoms with E-state index in [1.54, 1.807) is 0 Å². The first kappa shape index (κ1) is 13.8. The van der Waals surface area contributed by atoms with Crippen LogP contribution in [0.3, 0.4) is 0 Å². The summed E-state index contributed by atoms with van der Waals surface area (Å²) in [4.78, 5) is 10.9. The molecule has 1 saturated carbocycles. The van der Waals surface area contributed by atoms with E-state index in [9.17, 15) is 4.79 Å². The topological polar surface area (TPSA) is 46.5 Å². The van der Waals surface area contributed by atoms with Gasteiger partial charge in [-0.15, -0.1) is 0 Å². The number of carboxylic acids is 1. The lowest BCUT2D eigenvalue weighted by molar-refractivity contribution is -0.138. The zero-order valence-corrected chi connectivity index (χ0v) is 12.3. The van der Waals surface area contributed by atoms with Crippen LogP contribution in [-0.4, -0.2) is 29.2 Å². The third-order valence-electron chi connectivity index (χ3n) is 4.29. The molecular weight excluding hydrogens is 272 g/mol. The highest BCUT2D eigenvalue weighted by Crippen LogP contribution is 2.51. The Kier molecular flexibility index (Phi) is 3.92. The van der Waals surface area contributed by atoms with Crippen molar-refractivity contribution in [1.82, 2.24) is 0 Å². The number of ether oxygens (including phenoxy) is 1. The monoisotopic (exact) mass is 292 g/mol. The van der Waals surface area contributed by atoms with Crippen LogP contribution in [-0.2, 0) is 4.79 Å². The summed E-state index contributed by atoms with van der Waals surface area (Å²) in [5.41, 5.74) is 1.41. The Morgan fingerprint density at radius 1 is 1.40 bits per heavy atom. The van der Waals surface area contributed by atoms with Crippen molar-refractivity contribution in [2.24, 2.45) is 5.41 Å². The minimum absolute atomic E-state index is 0.0984. The third kappa shape index (κ3) is 3.11. The molecule has 1 aromatic carbocycles. The molecular formula is C16H20O3S. The summed E-state index contributed by atoms with van der Waals surface area (Å²) in [6.45, 7) is 0.794. The van der Waals surface area contributed by atoms with Crippen molar-refractivity contribution >= 4 is 17.7 Å². The molecule has 1 N–H and O–H groups in total. The van der Waals surface area contributed by atoms with Gasteiger partial charge in [-0.1, -0.05) is 18.2 Å². The fourth-order valence-corrected chi connectivity index (χ4v) is 4.45. The van der Waals surface area contributed by atoms with Gasteiger partial charge >= 0.3 is 5.97 Å². The fourth-order valence-electron chi connectivity index (χ4n) is 2.88. The number of carbonyl (C=O) groups is 1. The Balaban J connectivity index is 1.54. The van der Waals surface area contributed by atoms with Crippen LogP contribution in [0.5, 0.6) is 5.75 Å². The van der Waals surface area contributed by atoms with Crippen LogP contribution in [0.15, 0.2) is 24.3 Å².